The number of hydrogen-bond donors (Lipinski definition) is 1. The molecule has 0 saturated heterocycles. The minimum Gasteiger partial charge on any atom is -0.478 e. The van der Waals surface area contributed by atoms with Gasteiger partial charge in [-0.15, -0.1) is 6.42 Å². The van der Waals surface area contributed by atoms with Crippen molar-refractivity contribution in [2.24, 2.45) is 0 Å². The second-order valence-corrected chi connectivity index (χ2v) is 6.72. The number of nitrogens with zero attached hydrogens (tertiary/aromatic N) is 1. The number of carboxylic acids is 1. The molecule has 0 heterocycles. The molecule has 1 N–H and O–H groups in total. The molecule has 0 bridgehead atoms. The van der Waals surface area contributed by atoms with E-state index in [4.69, 9.17) is 11.5 Å². The lowest BCUT2D eigenvalue weighted by atomic mass is 10.1. The van der Waals surface area contributed by atoms with Crippen molar-refractivity contribution >= 4 is 31.9 Å². The third kappa shape index (κ3) is 3.15. The molecule has 0 amide bonds. The Bertz CT molecular complexity index is 661. The van der Waals surface area contributed by atoms with Crippen LogP contribution in [0, 0.1) is 19.3 Å². The van der Waals surface area contributed by atoms with Crippen molar-refractivity contribution in [3.63, 3.8) is 0 Å². The maximum atomic E-state index is 12.3. The van der Waals surface area contributed by atoms with Gasteiger partial charge in [-0.3, -0.25) is 0 Å². The predicted molar refractivity (Wildman–Crippen MR) is 74.5 cm³/mol. The van der Waals surface area contributed by atoms with Crippen LogP contribution in [-0.2, 0) is 10.0 Å². The lowest BCUT2D eigenvalue weighted by Crippen LogP contribution is -2.28. The van der Waals surface area contributed by atoms with Crippen LogP contribution in [-0.4, -0.2) is 37.4 Å². The summed E-state index contributed by atoms with van der Waals surface area (Å²) in [5.41, 5.74) is 0.332. The first kappa shape index (κ1) is 15.7. The minimum absolute atomic E-state index is 0.0722. The van der Waals surface area contributed by atoms with Crippen LogP contribution < -0.4 is 0 Å². The van der Waals surface area contributed by atoms with Gasteiger partial charge in [-0.1, -0.05) is 21.9 Å². The highest BCUT2D eigenvalue weighted by Crippen LogP contribution is 2.27. The number of aromatic carboxylic acids is 1. The average Bonchev–Trinajstić information content (AvgIpc) is 2.32. The summed E-state index contributed by atoms with van der Waals surface area (Å²) in [6.07, 6.45) is 5.09. The largest absolute Gasteiger partial charge is 0.478 e. The fraction of sp³-hybridized carbons (Fsp3) is 0.250. The van der Waals surface area contributed by atoms with E-state index in [1.165, 1.54) is 13.1 Å². The lowest BCUT2D eigenvalue weighted by Gasteiger charge is -2.17. The highest BCUT2D eigenvalue weighted by Gasteiger charge is 2.25. The molecule has 0 spiro atoms. The summed E-state index contributed by atoms with van der Waals surface area (Å²) in [7, 11) is -2.47. The van der Waals surface area contributed by atoms with Crippen molar-refractivity contribution in [2.75, 3.05) is 13.6 Å². The molecule has 0 atom stereocenters. The van der Waals surface area contributed by atoms with E-state index in [-0.39, 0.29) is 17.0 Å². The summed E-state index contributed by atoms with van der Waals surface area (Å²) in [5.74, 6) is 1.04. The molecule has 0 unspecified atom stereocenters. The maximum Gasteiger partial charge on any atom is 0.335 e. The van der Waals surface area contributed by atoms with Gasteiger partial charge in [0.05, 0.1) is 17.0 Å². The number of carboxylic acid groups (broad SMARTS) is 1. The van der Waals surface area contributed by atoms with E-state index in [1.54, 1.807) is 6.92 Å². The van der Waals surface area contributed by atoms with E-state index in [9.17, 15) is 13.2 Å². The molecule has 102 valence electrons. The number of halogens is 1. The van der Waals surface area contributed by atoms with Gasteiger partial charge in [-0.25, -0.2) is 13.2 Å². The van der Waals surface area contributed by atoms with E-state index in [0.29, 0.717) is 10.0 Å². The molecule has 0 radical (unpaired) electrons. The zero-order valence-electron chi connectivity index (χ0n) is 10.3. The van der Waals surface area contributed by atoms with Crippen molar-refractivity contribution < 1.29 is 18.3 Å². The van der Waals surface area contributed by atoms with Gasteiger partial charge in [0.1, 0.15) is 0 Å². The fourth-order valence-electron chi connectivity index (χ4n) is 1.43. The number of sulfonamides is 1. The van der Waals surface area contributed by atoms with E-state index in [0.717, 1.165) is 10.4 Å². The summed E-state index contributed by atoms with van der Waals surface area (Å²) in [6.45, 7) is 1.50. The summed E-state index contributed by atoms with van der Waals surface area (Å²) in [4.78, 5) is 10.9. The molecule has 0 aliphatic heterocycles. The summed E-state index contributed by atoms with van der Waals surface area (Å²) in [5, 5.41) is 8.97. The van der Waals surface area contributed by atoms with Gasteiger partial charge in [-0.2, -0.15) is 4.31 Å². The number of hydrogen-bond acceptors (Lipinski definition) is 3. The number of benzene rings is 1. The smallest absolute Gasteiger partial charge is 0.335 e. The van der Waals surface area contributed by atoms with Gasteiger partial charge >= 0.3 is 5.97 Å². The molecule has 7 heteroatoms. The Morgan fingerprint density at radius 1 is 1.53 bits per heavy atom. The second kappa shape index (κ2) is 5.74. The van der Waals surface area contributed by atoms with Crippen LogP contribution in [0.3, 0.4) is 0 Å². The second-order valence-electron chi connectivity index (χ2n) is 3.85. The van der Waals surface area contributed by atoms with Gasteiger partial charge in [0.15, 0.2) is 0 Å². The van der Waals surface area contributed by atoms with Crippen LogP contribution in [0.4, 0.5) is 0 Å². The topological polar surface area (TPSA) is 74.7 Å². The van der Waals surface area contributed by atoms with E-state index in [1.807, 2.05) is 0 Å². The maximum absolute atomic E-state index is 12.3. The third-order valence-electron chi connectivity index (χ3n) is 2.55. The predicted octanol–water partition coefficient (Wildman–Crippen LogP) is 1.71. The Kier molecular flexibility index (Phi) is 4.74. The molecule has 19 heavy (non-hydrogen) atoms. The molecule has 1 aromatic rings. The van der Waals surface area contributed by atoms with Gasteiger partial charge in [0, 0.05) is 11.5 Å². The molecule has 0 aliphatic carbocycles. The van der Waals surface area contributed by atoms with Gasteiger partial charge in [0.2, 0.25) is 10.0 Å². The standard InChI is InChI=1S/C12H12BrNO4S/c1-4-5-14(3)19(17,18)11-7-9(12(15)16)6-10(13)8(11)2/h1,6-7H,5H2,2-3H3,(H,15,16). The molecule has 5 nitrogen and oxygen atoms in total. The van der Waals surface area contributed by atoms with Crippen molar-refractivity contribution in [2.45, 2.75) is 11.8 Å². The van der Waals surface area contributed by atoms with Crippen LogP contribution in [0.15, 0.2) is 21.5 Å². The van der Waals surface area contributed by atoms with Crippen LogP contribution in [0.25, 0.3) is 0 Å². The number of carbonyl (C=O) groups is 1. The molecular formula is C12H12BrNO4S. The van der Waals surface area contributed by atoms with Crippen LogP contribution >= 0.6 is 15.9 Å². The summed E-state index contributed by atoms with van der Waals surface area (Å²) >= 11 is 3.16. The zero-order valence-corrected chi connectivity index (χ0v) is 12.7. The molecule has 1 rings (SSSR count). The molecule has 1 aromatic carbocycles. The first-order valence-corrected chi connectivity index (χ1v) is 7.38. The normalized spacial score (nSPS) is 11.3. The van der Waals surface area contributed by atoms with Crippen molar-refractivity contribution in [3.8, 4) is 12.3 Å². The number of rotatable bonds is 4. The van der Waals surface area contributed by atoms with Crippen molar-refractivity contribution in [1.82, 2.24) is 4.31 Å². The van der Waals surface area contributed by atoms with Crippen molar-refractivity contribution in [3.05, 3.63) is 27.7 Å². The Morgan fingerprint density at radius 2 is 2.11 bits per heavy atom. The lowest BCUT2D eigenvalue weighted by molar-refractivity contribution is 0.0696. The quantitative estimate of drug-likeness (QED) is 0.843. The number of terminal acetylenes is 1. The monoisotopic (exact) mass is 345 g/mol. The first-order valence-electron chi connectivity index (χ1n) is 5.15. The molecule has 0 aromatic heterocycles. The van der Waals surface area contributed by atoms with Gasteiger partial charge in [-0.05, 0) is 24.6 Å². The van der Waals surface area contributed by atoms with Crippen LogP contribution in [0.2, 0.25) is 0 Å². The Labute approximate surface area is 120 Å². The molecular weight excluding hydrogens is 334 g/mol. The molecule has 0 fully saturated rings. The zero-order chi connectivity index (χ0) is 14.8. The third-order valence-corrected chi connectivity index (χ3v) is 5.30. The summed E-state index contributed by atoms with van der Waals surface area (Å²) < 4.78 is 26.0. The summed E-state index contributed by atoms with van der Waals surface area (Å²) in [6, 6.07) is 2.49. The van der Waals surface area contributed by atoms with Crippen LogP contribution in [0.1, 0.15) is 15.9 Å². The van der Waals surface area contributed by atoms with E-state index in [2.05, 4.69) is 21.9 Å². The Hall–Kier alpha value is -1.36. The SMILES string of the molecule is C#CCN(C)S(=O)(=O)c1cc(C(=O)O)cc(Br)c1C. The Balaban J connectivity index is 3.51. The first-order chi connectivity index (χ1) is 8.71. The molecule has 0 aliphatic rings. The average molecular weight is 346 g/mol. The molecule has 0 saturated carbocycles. The van der Waals surface area contributed by atoms with Crippen molar-refractivity contribution in [1.29, 1.82) is 0 Å². The van der Waals surface area contributed by atoms with Gasteiger partial charge < -0.3 is 5.11 Å². The highest BCUT2D eigenvalue weighted by molar-refractivity contribution is 9.10. The van der Waals surface area contributed by atoms with Crippen LogP contribution in [0.5, 0.6) is 0 Å². The minimum atomic E-state index is -3.81. The van der Waals surface area contributed by atoms with E-state index < -0.39 is 16.0 Å². The van der Waals surface area contributed by atoms with Gasteiger partial charge in [0.25, 0.3) is 0 Å². The van der Waals surface area contributed by atoms with E-state index >= 15 is 0 Å². The highest BCUT2D eigenvalue weighted by atomic mass is 79.9. The fourth-order valence-corrected chi connectivity index (χ4v) is 3.37. The Morgan fingerprint density at radius 3 is 2.58 bits per heavy atom.